The number of carbonyl (C=O) groups is 1. The Morgan fingerprint density at radius 3 is 2.90 bits per heavy atom. The van der Waals surface area contributed by atoms with Crippen molar-refractivity contribution in [3.63, 3.8) is 0 Å². The van der Waals surface area contributed by atoms with Gasteiger partial charge in [0, 0.05) is 23.7 Å². The van der Waals surface area contributed by atoms with Crippen LogP contribution in [0.2, 0.25) is 5.02 Å². The molecule has 1 aliphatic rings. The minimum Gasteiger partial charge on any atom is -0.496 e. The Bertz CT molecular complexity index is 501. The first-order valence-corrected chi connectivity index (χ1v) is 7.50. The van der Waals surface area contributed by atoms with E-state index in [9.17, 15) is 4.79 Å². The molecule has 0 bridgehead atoms. The maximum absolute atomic E-state index is 12.4. The summed E-state index contributed by atoms with van der Waals surface area (Å²) in [6, 6.07) is 3.74. The summed E-state index contributed by atoms with van der Waals surface area (Å²) in [5.41, 5.74) is 1.83. The van der Waals surface area contributed by atoms with Gasteiger partial charge in [-0.15, -0.1) is 0 Å². The Hall–Kier alpha value is -1.22. The number of hydrogen-bond donors (Lipinski definition) is 0. The molecule has 1 amide bonds. The lowest BCUT2D eigenvalue weighted by Crippen LogP contribution is -2.39. The van der Waals surface area contributed by atoms with Crippen molar-refractivity contribution in [2.75, 3.05) is 20.2 Å². The van der Waals surface area contributed by atoms with Crippen LogP contribution in [0.25, 0.3) is 0 Å². The van der Waals surface area contributed by atoms with Gasteiger partial charge >= 0.3 is 0 Å². The zero-order chi connectivity index (χ0) is 14.7. The Balaban J connectivity index is 2.12. The van der Waals surface area contributed by atoms with Gasteiger partial charge in [-0.2, -0.15) is 0 Å². The van der Waals surface area contributed by atoms with Gasteiger partial charge in [0.2, 0.25) is 5.91 Å². The third kappa shape index (κ3) is 3.45. The van der Waals surface area contributed by atoms with Crippen molar-refractivity contribution in [3.05, 3.63) is 28.3 Å². The van der Waals surface area contributed by atoms with Crippen molar-refractivity contribution < 1.29 is 9.53 Å². The Labute approximate surface area is 125 Å². The second-order valence-electron chi connectivity index (χ2n) is 5.68. The van der Waals surface area contributed by atoms with Gasteiger partial charge in [0.05, 0.1) is 13.5 Å². The molecule has 0 radical (unpaired) electrons. The number of benzene rings is 1. The first-order valence-electron chi connectivity index (χ1n) is 7.12. The highest BCUT2D eigenvalue weighted by Gasteiger charge is 2.22. The van der Waals surface area contributed by atoms with Crippen molar-refractivity contribution in [2.45, 2.75) is 33.1 Å². The van der Waals surface area contributed by atoms with Crippen LogP contribution in [0.15, 0.2) is 12.1 Å². The summed E-state index contributed by atoms with van der Waals surface area (Å²) in [6.07, 6.45) is 2.66. The Kier molecular flexibility index (Phi) is 4.92. The molecule has 110 valence electrons. The monoisotopic (exact) mass is 295 g/mol. The number of hydrogen-bond acceptors (Lipinski definition) is 2. The van der Waals surface area contributed by atoms with E-state index >= 15 is 0 Å². The number of rotatable bonds is 3. The van der Waals surface area contributed by atoms with Gasteiger partial charge in [-0.3, -0.25) is 4.79 Å². The van der Waals surface area contributed by atoms with Gasteiger partial charge in [0.15, 0.2) is 0 Å². The highest BCUT2D eigenvalue weighted by Crippen LogP contribution is 2.27. The largest absolute Gasteiger partial charge is 0.496 e. The number of methoxy groups -OCH3 is 1. The van der Waals surface area contributed by atoms with Crippen molar-refractivity contribution in [1.29, 1.82) is 0 Å². The lowest BCUT2D eigenvalue weighted by molar-refractivity contribution is -0.132. The molecule has 1 aromatic rings. The quantitative estimate of drug-likeness (QED) is 0.855. The molecule has 1 aliphatic heterocycles. The fourth-order valence-corrected chi connectivity index (χ4v) is 2.90. The number of piperidine rings is 1. The number of ether oxygens (including phenoxy) is 1. The van der Waals surface area contributed by atoms with E-state index in [4.69, 9.17) is 16.3 Å². The van der Waals surface area contributed by atoms with Crippen LogP contribution in [0.4, 0.5) is 0 Å². The predicted molar refractivity (Wildman–Crippen MR) is 81.4 cm³/mol. The van der Waals surface area contributed by atoms with Gasteiger partial charge in [0.1, 0.15) is 5.75 Å². The highest BCUT2D eigenvalue weighted by molar-refractivity contribution is 6.31. The minimum atomic E-state index is 0.162. The van der Waals surface area contributed by atoms with Crippen LogP contribution in [-0.2, 0) is 11.2 Å². The molecule has 0 aliphatic carbocycles. The van der Waals surface area contributed by atoms with Crippen LogP contribution in [0.3, 0.4) is 0 Å². The second kappa shape index (κ2) is 6.49. The third-order valence-corrected chi connectivity index (χ3v) is 4.32. The van der Waals surface area contributed by atoms with Crippen LogP contribution in [0.5, 0.6) is 5.75 Å². The zero-order valence-electron chi connectivity index (χ0n) is 12.4. The van der Waals surface area contributed by atoms with Crippen molar-refractivity contribution in [1.82, 2.24) is 4.90 Å². The standard InChI is InChI=1S/C16H22ClNO2/c1-11-5-4-6-18(10-11)16(19)9-13-8-14(17)12(2)7-15(13)20-3/h7-8,11H,4-6,9-10H2,1-3H3. The second-order valence-corrected chi connectivity index (χ2v) is 6.08. The van der Waals surface area contributed by atoms with Crippen LogP contribution in [0.1, 0.15) is 30.9 Å². The summed E-state index contributed by atoms with van der Waals surface area (Å²) in [4.78, 5) is 14.4. The fraction of sp³-hybridized carbons (Fsp3) is 0.562. The Morgan fingerprint density at radius 2 is 2.25 bits per heavy atom. The van der Waals surface area contributed by atoms with Crippen LogP contribution in [0, 0.1) is 12.8 Å². The van der Waals surface area contributed by atoms with Gasteiger partial charge in [-0.05, 0) is 43.4 Å². The summed E-state index contributed by atoms with van der Waals surface area (Å²) >= 11 is 6.15. The first kappa shape index (κ1) is 15.2. The molecule has 1 fully saturated rings. The van der Waals surface area contributed by atoms with Gasteiger partial charge in [0.25, 0.3) is 0 Å². The molecule has 0 saturated carbocycles. The van der Waals surface area contributed by atoms with Crippen LogP contribution >= 0.6 is 11.6 Å². The van der Waals surface area contributed by atoms with E-state index < -0.39 is 0 Å². The van der Waals surface area contributed by atoms with Crippen LogP contribution in [-0.4, -0.2) is 31.0 Å². The molecule has 1 saturated heterocycles. The smallest absolute Gasteiger partial charge is 0.227 e. The SMILES string of the molecule is COc1cc(C)c(Cl)cc1CC(=O)N1CCCC(C)C1. The maximum atomic E-state index is 12.4. The van der Waals surface area contributed by atoms with E-state index in [0.29, 0.717) is 17.4 Å². The van der Waals surface area contributed by atoms with Crippen molar-refractivity contribution in [3.8, 4) is 5.75 Å². The summed E-state index contributed by atoms with van der Waals surface area (Å²) in [7, 11) is 1.62. The topological polar surface area (TPSA) is 29.5 Å². The van der Waals surface area contributed by atoms with E-state index in [1.807, 2.05) is 24.0 Å². The molecule has 3 nitrogen and oxygen atoms in total. The first-order chi connectivity index (χ1) is 9.51. The number of aryl methyl sites for hydroxylation is 1. The third-order valence-electron chi connectivity index (χ3n) is 3.91. The minimum absolute atomic E-state index is 0.162. The number of likely N-dealkylation sites (tertiary alicyclic amines) is 1. The molecule has 0 N–H and O–H groups in total. The molecule has 1 atom stereocenters. The average molecular weight is 296 g/mol. The van der Waals surface area contributed by atoms with Crippen LogP contribution < -0.4 is 4.74 Å². The molecule has 0 aromatic heterocycles. The maximum Gasteiger partial charge on any atom is 0.227 e. The molecule has 20 heavy (non-hydrogen) atoms. The van der Waals surface area contributed by atoms with E-state index in [1.54, 1.807) is 7.11 Å². The zero-order valence-corrected chi connectivity index (χ0v) is 13.2. The number of carbonyl (C=O) groups excluding carboxylic acids is 1. The van der Waals surface area contributed by atoms with Gasteiger partial charge in [-0.1, -0.05) is 18.5 Å². The lowest BCUT2D eigenvalue weighted by atomic mass is 9.99. The molecular weight excluding hydrogens is 274 g/mol. The molecule has 0 spiro atoms. The van der Waals surface area contributed by atoms with Gasteiger partial charge < -0.3 is 9.64 Å². The molecule has 1 heterocycles. The number of amides is 1. The average Bonchev–Trinajstić information content (AvgIpc) is 2.42. The van der Waals surface area contributed by atoms with E-state index in [0.717, 1.165) is 36.4 Å². The molecular formula is C16H22ClNO2. The van der Waals surface area contributed by atoms with E-state index in [2.05, 4.69) is 6.92 Å². The molecule has 4 heteroatoms. The van der Waals surface area contributed by atoms with Crippen molar-refractivity contribution in [2.24, 2.45) is 5.92 Å². The number of nitrogens with zero attached hydrogens (tertiary/aromatic N) is 1. The summed E-state index contributed by atoms with van der Waals surface area (Å²) < 4.78 is 5.36. The van der Waals surface area contributed by atoms with E-state index in [1.165, 1.54) is 6.42 Å². The molecule has 1 aromatic carbocycles. The number of halogens is 1. The summed E-state index contributed by atoms with van der Waals surface area (Å²) in [6.45, 7) is 5.86. The lowest BCUT2D eigenvalue weighted by Gasteiger charge is -2.31. The fourth-order valence-electron chi connectivity index (χ4n) is 2.72. The highest BCUT2D eigenvalue weighted by atomic mass is 35.5. The van der Waals surface area contributed by atoms with E-state index in [-0.39, 0.29) is 5.91 Å². The Morgan fingerprint density at radius 1 is 1.50 bits per heavy atom. The van der Waals surface area contributed by atoms with Crippen molar-refractivity contribution >= 4 is 17.5 Å². The summed E-state index contributed by atoms with van der Waals surface area (Å²) in [5.74, 6) is 1.50. The molecule has 2 rings (SSSR count). The predicted octanol–water partition coefficient (Wildman–Crippen LogP) is 3.46. The normalized spacial score (nSPS) is 19.0. The summed E-state index contributed by atoms with van der Waals surface area (Å²) in [5, 5.41) is 0.681. The van der Waals surface area contributed by atoms with Gasteiger partial charge in [-0.25, -0.2) is 0 Å². The molecule has 1 unspecified atom stereocenters.